The number of fused-ring (bicyclic) bond motifs is 1. The smallest absolute Gasteiger partial charge is 0.435 e. The number of carbonyl (C=O) groups excluding carboxylic acids is 4. The van der Waals surface area contributed by atoms with E-state index in [-0.39, 0.29) is 37.9 Å². The van der Waals surface area contributed by atoms with E-state index in [4.69, 9.17) is 30.7 Å². The van der Waals surface area contributed by atoms with Gasteiger partial charge in [0.15, 0.2) is 0 Å². The van der Waals surface area contributed by atoms with Crippen LogP contribution >= 0.6 is 0 Å². The molecule has 2 amide bonds. The number of nitrogens with two attached hydrogens (primary N) is 2. The second kappa shape index (κ2) is 21.6. The molecule has 0 saturated heterocycles. The number of pyridine rings is 1. The van der Waals surface area contributed by atoms with Crippen molar-refractivity contribution in [3.8, 4) is 0 Å². The predicted molar refractivity (Wildman–Crippen MR) is 221 cm³/mol. The zero-order chi connectivity index (χ0) is 41.3. The van der Waals surface area contributed by atoms with Gasteiger partial charge in [-0.15, -0.1) is 0 Å². The number of unbranched alkanes of at least 4 members (excludes halogenated alkanes) is 3. The summed E-state index contributed by atoms with van der Waals surface area (Å²) in [5.74, 6) is -0.376. The number of rotatable bonds is 20. The number of hydrogen-bond acceptors (Lipinski definition) is 11. The summed E-state index contributed by atoms with van der Waals surface area (Å²) >= 11 is 0. The van der Waals surface area contributed by atoms with Gasteiger partial charge >= 0.3 is 18.0 Å². The van der Waals surface area contributed by atoms with Crippen molar-refractivity contribution in [1.82, 2.24) is 14.5 Å². The lowest BCUT2D eigenvalue weighted by atomic mass is 10.1. The van der Waals surface area contributed by atoms with Gasteiger partial charge < -0.3 is 35.6 Å². The molecule has 0 aliphatic carbocycles. The molecular weight excluding hydrogens is 741 g/mol. The zero-order valence-electron chi connectivity index (χ0n) is 32.8. The van der Waals surface area contributed by atoms with Crippen LogP contribution in [0.15, 0.2) is 102 Å². The number of aliphatic imine (C=N–C) groups is 1. The molecule has 0 radical (unpaired) electrons. The van der Waals surface area contributed by atoms with Crippen molar-refractivity contribution in [1.29, 1.82) is 0 Å². The Balaban J connectivity index is 1.14. The molecule has 5 N–H and O–H groups in total. The fraction of sp³-hybridized carbons (Fsp3) is 0.326. The molecule has 5 rings (SSSR count). The van der Waals surface area contributed by atoms with E-state index in [0.29, 0.717) is 42.0 Å². The number of nitrogens with one attached hydrogen (secondary N) is 1. The molecule has 15 nitrogen and oxygen atoms in total. The van der Waals surface area contributed by atoms with E-state index in [2.05, 4.69) is 22.2 Å². The zero-order valence-corrected chi connectivity index (χ0v) is 32.8. The number of aryl methyl sites for hydroxylation is 1. The predicted octanol–water partition coefficient (Wildman–Crippen LogP) is 5.70. The van der Waals surface area contributed by atoms with Gasteiger partial charge in [0, 0.05) is 36.6 Å². The molecule has 0 bridgehead atoms. The maximum absolute atomic E-state index is 13.9. The molecule has 58 heavy (non-hydrogen) atoms. The van der Waals surface area contributed by atoms with Gasteiger partial charge in [0.2, 0.25) is 0 Å². The topological polar surface area (TPSA) is 206 Å². The SMILES string of the molecule is CCCCCCOC(=O)N=C(N)c1ccc(NCc2nc3cc(C(=O)N(CCC(=O)OCCOC(=O)[C@@H](N)Cc4ccccc4)c4ccccn4)ccc3n2C)cc1. The van der Waals surface area contributed by atoms with Gasteiger partial charge in [0.05, 0.1) is 30.6 Å². The monoisotopic (exact) mass is 790 g/mol. The van der Waals surface area contributed by atoms with Gasteiger partial charge in [0.25, 0.3) is 5.91 Å². The van der Waals surface area contributed by atoms with Crippen molar-refractivity contribution in [3.63, 3.8) is 0 Å². The van der Waals surface area contributed by atoms with Crippen LogP contribution in [0, 0.1) is 0 Å². The normalized spacial score (nSPS) is 11.8. The summed E-state index contributed by atoms with van der Waals surface area (Å²) in [6.07, 6.45) is 5.04. The van der Waals surface area contributed by atoms with Gasteiger partial charge in [-0.05, 0) is 73.0 Å². The van der Waals surface area contributed by atoms with Crippen molar-refractivity contribution in [2.24, 2.45) is 23.5 Å². The fourth-order valence-corrected chi connectivity index (χ4v) is 5.99. The van der Waals surface area contributed by atoms with E-state index in [1.165, 1.54) is 4.90 Å². The first-order valence-corrected chi connectivity index (χ1v) is 19.3. The Bertz CT molecular complexity index is 2160. The van der Waals surface area contributed by atoms with Gasteiger partial charge in [-0.1, -0.05) is 62.6 Å². The van der Waals surface area contributed by atoms with E-state index in [0.717, 1.165) is 48.3 Å². The van der Waals surface area contributed by atoms with Crippen LogP contribution < -0.4 is 21.7 Å². The minimum atomic E-state index is -0.842. The Morgan fingerprint density at radius 1 is 0.862 bits per heavy atom. The number of ether oxygens (including phenoxy) is 3. The minimum Gasteiger partial charge on any atom is -0.462 e. The summed E-state index contributed by atoms with van der Waals surface area (Å²) in [7, 11) is 1.89. The van der Waals surface area contributed by atoms with Crippen molar-refractivity contribution in [3.05, 3.63) is 120 Å². The summed E-state index contributed by atoms with van der Waals surface area (Å²) in [6.45, 7) is 2.50. The van der Waals surface area contributed by atoms with Crippen LogP contribution in [0.2, 0.25) is 0 Å². The molecule has 0 aliphatic heterocycles. The first-order valence-electron chi connectivity index (χ1n) is 19.3. The first-order chi connectivity index (χ1) is 28.1. The molecule has 15 heteroatoms. The molecule has 5 aromatic rings. The number of amidine groups is 1. The van der Waals surface area contributed by atoms with Crippen LogP contribution in [-0.4, -0.2) is 76.7 Å². The highest BCUT2D eigenvalue weighted by molar-refractivity contribution is 6.07. The van der Waals surface area contributed by atoms with Crippen molar-refractivity contribution in [2.45, 2.75) is 58.0 Å². The van der Waals surface area contributed by atoms with Crippen molar-refractivity contribution < 1.29 is 33.4 Å². The van der Waals surface area contributed by atoms with Gasteiger partial charge in [-0.2, -0.15) is 4.99 Å². The van der Waals surface area contributed by atoms with Crippen molar-refractivity contribution in [2.75, 3.05) is 36.6 Å². The third-order valence-electron chi connectivity index (χ3n) is 9.19. The van der Waals surface area contributed by atoms with Crippen LogP contribution in [0.25, 0.3) is 11.0 Å². The van der Waals surface area contributed by atoms with Gasteiger partial charge in [0.1, 0.15) is 36.7 Å². The third kappa shape index (κ3) is 12.4. The molecule has 0 aliphatic rings. The van der Waals surface area contributed by atoms with E-state index < -0.39 is 24.1 Å². The Hall–Kier alpha value is -6.61. The van der Waals surface area contributed by atoms with E-state index in [1.807, 2.05) is 60.1 Å². The van der Waals surface area contributed by atoms with Crippen LogP contribution in [0.5, 0.6) is 0 Å². The summed E-state index contributed by atoms with van der Waals surface area (Å²) in [4.78, 5) is 65.3. The Morgan fingerprint density at radius 2 is 1.60 bits per heavy atom. The molecule has 0 unspecified atom stereocenters. The maximum Gasteiger partial charge on any atom is 0.435 e. The number of amides is 2. The Kier molecular flexibility index (Phi) is 15.9. The van der Waals surface area contributed by atoms with E-state index in [1.54, 1.807) is 48.7 Å². The number of esters is 2. The Morgan fingerprint density at radius 3 is 2.34 bits per heavy atom. The summed E-state index contributed by atoms with van der Waals surface area (Å²) in [5.41, 5.74) is 16.1. The van der Waals surface area contributed by atoms with Crippen LogP contribution in [0.1, 0.15) is 66.3 Å². The number of imidazole rings is 1. The molecule has 1 atom stereocenters. The molecule has 3 aromatic carbocycles. The largest absolute Gasteiger partial charge is 0.462 e. The number of benzene rings is 3. The quantitative estimate of drug-likeness (QED) is 0.0286. The number of anilines is 2. The number of hydrogen-bond donors (Lipinski definition) is 3. The highest BCUT2D eigenvalue weighted by Gasteiger charge is 2.22. The van der Waals surface area contributed by atoms with Gasteiger partial charge in [-0.3, -0.25) is 19.3 Å². The number of nitrogens with zero attached hydrogens (tertiary/aromatic N) is 5. The molecule has 0 saturated carbocycles. The van der Waals surface area contributed by atoms with Crippen LogP contribution in [0.4, 0.5) is 16.3 Å². The number of aromatic nitrogens is 3. The maximum atomic E-state index is 13.9. The molecular formula is C43H50N8O7. The summed E-state index contributed by atoms with van der Waals surface area (Å²) in [6, 6.07) is 26.1. The molecule has 2 aromatic heterocycles. The highest BCUT2D eigenvalue weighted by atomic mass is 16.6. The second-order valence-electron chi connectivity index (χ2n) is 13.5. The third-order valence-corrected chi connectivity index (χ3v) is 9.19. The van der Waals surface area contributed by atoms with Crippen molar-refractivity contribution >= 4 is 52.3 Å². The average Bonchev–Trinajstić information content (AvgIpc) is 3.56. The van der Waals surface area contributed by atoms with E-state index in [9.17, 15) is 19.2 Å². The molecule has 0 fully saturated rings. The summed E-state index contributed by atoms with van der Waals surface area (Å²) in [5, 5.41) is 3.34. The molecule has 0 spiro atoms. The first kappa shape index (κ1) is 42.5. The fourth-order valence-electron chi connectivity index (χ4n) is 5.99. The van der Waals surface area contributed by atoms with Crippen LogP contribution in [0.3, 0.4) is 0 Å². The van der Waals surface area contributed by atoms with Crippen LogP contribution in [-0.2, 0) is 43.8 Å². The lowest BCUT2D eigenvalue weighted by Crippen LogP contribution is -2.35. The van der Waals surface area contributed by atoms with Gasteiger partial charge in [-0.25, -0.2) is 14.8 Å². The molecule has 2 heterocycles. The molecule has 304 valence electrons. The highest BCUT2D eigenvalue weighted by Crippen LogP contribution is 2.22. The second-order valence-corrected chi connectivity index (χ2v) is 13.5. The minimum absolute atomic E-state index is 0.00858. The lowest BCUT2D eigenvalue weighted by molar-refractivity contribution is -0.152. The van der Waals surface area contributed by atoms with E-state index >= 15 is 0 Å². The standard InChI is InChI=1S/C43H50N8O7/c1-3-4-5-11-24-58-43(55)49-40(45)31-15-18-33(19-16-31)47-29-38-48-35-28-32(17-20-36(35)50(38)2)41(53)51(37-14-9-10-22-46-37)23-21-39(52)56-25-26-57-42(54)34(44)27-30-12-7-6-8-13-30/h6-10,12-20,22,28,34,47H,3-5,11,21,23-27,29,44H2,1-2H3,(H2,45,49,55)/t34-/m0/s1. The summed E-state index contributed by atoms with van der Waals surface area (Å²) < 4.78 is 17.6. The Labute approximate surface area is 337 Å². The lowest BCUT2D eigenvalue weighted by Gasteiger charge is -2.21. The number of carbonyl (C=O) groups is 4. The average molecular weight is 791 g/mol.